The molecular weight excluding hydrogens is 301 g/mol. The number of halogens is 2. The second-order valence-electron chi connectivity index (χ2n) is 4.44. The van der Waals surface area contributed by atoms with Crippen LogP contribution >= 0.6 is 23.2 Å². The maximum atomic E-state index is 11.8. The number of carbonyl (C=O) groups is 2. The van der Waals surface area contributed by atoms with Crippen molar-refractivity contribution in [1.29, 1.82) is 0 Å². The molecule has 1 heterocycles. The molecule has 7 heteroatoms. The van der Waals surface area contributed by atoms with Crippen LogP contribution in [0.2, 0.25) is 5.02 Å². The first-order valence-corrected chi connectivity index (χ1v) is 7.16. The Balaban J connectivity index is 1.89. The van der Waals surface area contributed by atoms with Gasteiger partial charge in [0.15, 0.2) is 0 Å². The number of rotatable bonds is 2. The van der Waals surface area contributed by atoms with Crippen LogP contribution in [-0.2, 0) is 4.79 Å². The molecular formula is C13H15Cl2N3O2. The first-order chi connectivity index (χ1) is 9.60. The summed E-state index contributed by atoms with van der Waals surface area (Å²) >= 11 is 11.3. The molecule has 0 aromatic heterocycles. The number of imide groups is 1. The van der Waals surface area contributed by atoms with Crippen molar-refractivity contribution in [2.45, 2.75) is 0 Å². The normalized spacial score (nSPS) is 15.1. The van der Waals surface area contributed by atoms with Gasteiger partial charge in [-0.25, -0.2) is 4.79 Å². The molecule has 1 aliphatic rings. The molecule has 2 rings (SSSR count). The Labute approximate surface area is 127 Å². The molecule has 1 aromatic carbocycles. The molecule has 20 heavy (non-hydrogen) atoms. The summed E-state index contributed by atoms with van der Waals surface area (Å²) < 4.78 is 0. The third-order valence-corrected chi connectivity index (χ3v) is 3.59. The van der Waals surface area contributed by atoms with Gasteiger partial charge < -0.3 is 9.80 Å². The van der Waals surface area contributed by atoms with Gasteiger partial charge in [-0.15, -0.1) is 11.6 Å². The first kappa shape index (κ1) is 14.9. The van der Waals surface area contributed by atoms with Crippen LogP contribution in [0.5, 0.6) is 0 Å². The maximum Gasteiger partial charge on any atom is 0.324 e. The average molecular weight is 316 g/mol. The van der Waals surface area contributed by atoms with E-state index in [1.807, 2.05) is 24.3 Å². The molecule has 1 saturated heterocycles. The summed E-state index contributed by atoms with van der Waals surface area (Å²) in [6.07, 6.45) is 0. The van der Waals surface area contributed by atoms with Crippen LogP contribution < -0.4 is 10.2 Å². The highest BCUT2D eigenvalue weighted by molar-refractivity contribution is 6.30. The number of alkyl halides is 1. The molecule has 1 fully saturated rings. The van der Waals surface area contributed by atoms with Gasteiger partial charge in [-0.3, -0.25) is 10.1 Å². The van der Waals surface area contributed by atoms with Gasteiger partial charge in [-0.05, 0) is 18.2 Å². The zero-order valence-corrected chi connectivity index (χ0v) is 12.3. The lowest BCUT2D eigenvalue weighted by atomic mass is 10.2. The van der Waals surface area contributed by atoms with E-state index < -0.39 is 5.91 Å². The smallest absolute Gasteiger partial charge is 0.324 e. The van der Waals surface area contributed by atoms with E-state index in [1.165, 1.54) is 0 Å². The van der Waals surface area contributed by atoms with Gasteiger partial charge in [0, 0.05) is 36.9 Å². The highest BCUT2D eigenvalue weighted by Gasteiger charge is 2.22. The van der Waals surface area contributed by atoms with Gasteiger partial charge in [0.25, 0.3) is 0 Å². The van der Waals surface area contributed by atoms with Crippen LogP contribution in [0.4, 0.5) is 10.5 Å². The van der Waals surface area contributed by atoms with E-state index in [9.17, 15) is 9.59 Å². The Morgan fingerprint density at radius 1 is 1.20 bits per heavy atom. The number of amides is 3. The predicted molar refractivity (Wildman–Crippen MR) is 79.5 cm³/mol. The maximum absolute atomic E-state index is 11.8. The summed E-state index contributed by atoms with van der Waals surface area (Å²) in [5.41, 5.74) is 1.04. The fraction of sp³-hybridized carbons (Fsp3) is 0.385. The van der Waals surface area contributed by atoms with Crippen molar-refractivity contribution in [3.63, 3.8) is 0 Å². The minimum absolute atomic E-state index is 0.214. The van der Waals surface area contributed by atoms with E-state index >= 15 is 0 Å². The second kappa shape index (κ2) is 6.81. The topological polar surface area (TPSA) is 52.7 Å². The van der Waals surface area contributed by atoms with Crippen molar-refractivity contribution in [3.05, 3.63) is 29.3 Å². The van der Waals surface area contributed by atoms with Crippen LogP contribution in [0.3, 0.4) is 0 Å². The number of benzene rings is 1. The highest BCUT2D eigenvalue weighted by atomic mass is 35.5. The molecule has 3 amide bonds. The molecule has 5 nitrogen and oxygen atoms in total. The Kier molecular flexibility index (Phi) is 5.09. The third kappa shape index (κ3) is 3.77. The van der Waals surface area contributed by atoms with E-state index in [2.05, 4.69) is 10.2 Å². The lowest BCUT2D eigenvalue weighted by Gasteiger charge is -2.35. The SMILES string of the molecule is O=C(CCl)NC(=O)N1CCN(c2cccc(Cl)c2)CC1. The number of piperazine rings is 1. The van der Waals surface area contributed by atoms with Gasteiger partial charge in [0.2, 0.25) is 5.91 Å². The Morgan fingerprint density at radius 2 is 1.90 bits per heavy atom. The average Bonchev–Trinajstić information content (AvgIpc) is 2.47. The zero-order valence-electron chi connectivity index (χ0n) is 10.8. The number of urea groups is 1. The summed E-state index contributed by atoms with van der Waals surface area (Å²) in [4.78, 5) is 26.6. The molecule has 1 aliphatic heterocycles. The number of anilines is 1. The van der Waals surface area contributed by atoms with Gasteiger partial charge >= 0.3 is 6.03 Å². The van der Waals surface area contributed by atoms with Gasteiger partial charge in [-0.2, -0.15) is 0 Å². The van der Waals surface area contributed by atoms with Gasteiger partial charge in [0.1, 0.15) is 5.88 Å². The summed E-state index contributed by atoms with van der Waals surface area (Å²) in [5, 5.41) is 2.93. The van der Waals surface area contributed by atoms with Gasteiger partial charge in [-0.1, -0.05) is 17.7 Å². The molecule has 1 N–H and O–H groups in total. The molecule has 0 unspecified atom stereocenters. The van der Waals surface area contributed by atoms with Crippen LogP contribution in [0.15, 0.2) is 24.3 Å². The molecule has 0 radical (unpaired) electrons. The number of nitrogens with zero attached hydrogens (tertiary/aromatic N) is 2. The Morgan fingerprint density at radius 3 is 2.50 bits per heavy atom. The monoisotopic (exact) mass is 315 g/mol. The summed E-state index contributed by atoms with van der Waals surface area (Å²) in [7, 11) is 0. The van der Waals surface area contributed by atoms with E-state index in [1.54, 1.807) is 4.90 Å². The zero-order chi connectivity index (χ0) is 14.5. The first-order valence-electron chi connectivity index (χ1n) is 6.25. The lowest BCUT2D eigenvalue weighted by molar-refractivity contribution is -0.117. The molecule has 0 bridgehead atoms. The van der Waals surface area contributed by atoms with Crippen molar-refractivity contribution in [3.8, 4) is 0 Å². The van der Waals surface area contributed by atoms with Gasteiger partial charge in [0.05, 0.1) is 0 Å². The highest BCUT2D eigenvalue weighted by Crippen LogP contribution is 2.20. The van der Waals surface area contributed by atoms with E-state index in [-0.39, 0.29) is 11.9 Å². The predicted octanol–water partition coefficient (Wildman–Crippen LogP) is 1.94. The standard InChI is InChI=1S/C13H15Cl2N3O2/c14-9-12(19)16-13(20)18-6-4-17(5-7-18)11-3-1-2-10(15)8-11/h1-3,8H,4-7,9H2,(H,16,19,20). The number of nitrogens with one attached hydrogen (secondary N) is 1. The fourth-order valence-corrected chi connectivity index (χ4v) is 2.32. The minimum atomic E-state index is -0.478. The quantitative estimate of drug-likeness (QED) is 0.849. The Hall–Kier alpha value is -1.46. The Bertz CT molecular complexity index is 502. The van der Waals surface area contributed by atoms with Crippen molar-refractivity contribution >= 4 is 40.8 Å². The number of hydrogen-bond donors (Lipinski definition) is 1. The molecule has 0 saturated carbocycles. The van der Waals surface area contributed by atoms with E-state index in [0.717, 1.165) is 5.69 Å². The molecule has 1 aromatic rings. The lowest BCUT2D eigenvalue weighted by Crippen LogP contribution is -2.53. The van der Waals surface area contributed by atoms with Crippen molar-refractivity contribution in [2.75, 3.05) is 37.0 Å². The van der Waals surface area contributed by atoms with Crippen LogP contribution in [-0.4, -0.2) is 48.9 Å². The van der Waals surface area contributed by atoms with E-state index in [0.29, 0.717) is 31.2 Å². The third-order valence-electron chi connectivity index (χ3n) is 3.11. The van der Waals surface area contributed by atoms with Crippen LogP contribution in [0, 0.1) is 0 Å². The fourth-order valence-electron chi connectivity index (χ4n) is 2.07. The largest absolute Gasteiger partial charge is 0.368 e. The number of hydrogen-bond acceptors (Lipinski definition) is 3. The summed E-state index contributed by atoms with van der Waals surface area (Å²) in [6, 6.07) is 7.22. The van der Waals surface area contributed by atoms with E-state index in [4.69, 9.17) is 23.2 Å². The molecule has 0 aliphatic carbocycles. The molecule has 0 spiro atoms. The van der Waals surface area contributed by atoms with Crippen LogP contribution in [0.1, 0.15) is 0 Å². The number of carbonyl (C=O) groups excluding carboxylic acids is 2. The van der Waals surface area contributed by atoms with Crippen LogP contribution in [0.25, 0.3) is 0 Å². The van der Waals surface area contributed by atoms with Crippen molar-refractivity contribution in [2.24, 2.45) is 0 Å². The summed E-state index contributed by atoms with van der Waals surface area (Å²) in [5.74, 6) is -0.692. The van der Waals surface area contributed by atoms with Crippen molar-refractivity contribution in [1.82, 2.24) is 10.2 Å². The molecule has 0 atom stereocenters. The summed E-state index contributed by atoms with van der Waals surface area (Å²) in [6.45, 7) is 2.49. The second-order valence-corrected chi connectivity index (χ2v) is 5.14. The minimum Gasteiger partial charge on any atom is -0.368 e. The molecule has 108 valence electrons. The van der Waals surface area contributed by atoms with Crippen molar-refractivity contribution < 1.29 is 9.59 Å².